The molecule has 0 aromatic heterocycles. The van der Waals surface area contributed by atoms with Crippen LogP contribution >= 0.6 is 0 Å². The highest BCUT2D eigenvalue weighted by Gasteiger charge is 2.43. The van der Waals surface area contributed by atoms with E-state index in [4.69, 9.17) is 4.74 Å². The molecule has 4 nitrogen and oxygen atoms in total. The summed E-state index contributed by atoms with van der Waals surface area (Å²) < 4.78 is 5.27. The van der Waals surface area contributed by atoms with Gasteiger partial charge in [-0.3, -0.25) is 0 Å². The Bertz CT molecular complexity index is 283. The molecular weight excluding hydrogens is 204 g/mol. The summed E-state index contributed by atoms with van der Waals surface area (Å²) in [5.41, 5.74) is -0.404. The highest BCUT2D eigenvalue weighted by molar-refractivity contribution is 5.68. The van der Waals surface area contributed by atoms with E-state index in [0.29, 0.717) is 18.0 Å². The van der Waals surface area contributed by atoms with Crippen LogP contribution in [0.4, 0.5) is 4.79 Å². The highest BCUT2D eigenvalue weighted by atomic mass is 16.6. The molecule has 1 heterocycles. The van der Waals surface area contributed by atoms with Gasteiger partial charge in [0.15, 0.2) is 0 Å². The molecule has 2 bridgehead atoms. The van der Waals surface area contributed by atoms with E-state index < -0.39 is 5.60 Å². The van der Waals surface area contributed by atoms with Gasteiger partial charge < -0.3 is 15.0 Å². The van der Waals surface area contributed by atoms with Gasteiger partial charge in [0.25, 0.3) is 0 Å². The number of hydrogen-bond donors (Lipinski definition) is 1. The third-order valence-corrected chi connectivity index (χ3v) is 3.52. The Labute approximate surface area is 97.3 Å². The minimum absolute atomic E-state index is 0.271. The fourth-order valence-electron chi connectivity index (χ4n) is 2.81. The molecule has 1 aliphatic carbocycles. The first-order chi connectivity index (χ1) is 7.35. The summed E-state index contributed by atoms with van der Waals surface area (Å²) in [7, 11) is 2.16. The third kappa shape index (κ3) is 2.48. The Balaban J connectivity index is 1.82. The lowest BCUT2D eigenvalue weighted by Gasteiger charge is -2.29. The molecule has 16 heavy (non-hydrogen) atoms. The van der Waals surface area contributed by atoms with Crippen LogP contribution in [0.5, 0.6) is 0 Å². The molecular formula is C12H22N2O2. The van der Waals surface area contributed by atoms with Crippen LogP contribution in [0.25, 0.3) is 0 Å². The molecule has 0 spiro atoms. The number of rotatable bonds is 1. The molecule has 2 aliphatic rings. The number of nitrogens with zero attached hydrogens (tertiary/aromatic N) is 1. The summed E-state index contributed by atoms with van der Waals surface area (Å²) in [6, 6.07) is 0.973. The molecule has 1 saturated heterocycles. The average Bonchev–Trinajstić information content (AvgIpc) is 2.58. The van der Waals surface area contributed by atoms with E-state index in [1.54, 1.807) is 0 Å². The molecule has 1 aliphatic heterocycles. The SMILES string of the molecule is CN1C[C@H]2C[C@@H]1C[C@H]2NC(=O)OC(C)(C)C. The lowest BCUT2D eigenvalue weighted by atomic mass is 10.0. The Morgan fingerprint density at radius 2 is 2.06 bits per heavy atom. The van der Waals surface area contributed by atoms with Crippen LogP contribution in [0.2, 0.25) is 0 Å². The fraction of sp³-hybridized carbons (Fsp3) is 0.917. The zero-order valence-electron chi connectivity index (χ0n) is 10.6. The van der Waals surface area contributed by atoms with Crippen molar-refractivity contribution in [1.82, 2.24) is 10.2 Å². The van der Waals surface area contributed by atoms with E-state index in [1.165, 1.54) is 6.42 Å². The average molecular weight is 226 g/mol. The van der Waals surface area contributed by atoms with Gasteiger partial charge in [0, 0.05) is 18.6 Å². The quantitative estimate of drug-likeness (QED) is 0.738. The Morgan fingerprint density at radius 3 is 2.50 bits per heavy atom. The standard InChI is InChI=1S/C12H22N2O2/c1-12(2,3)16-11(15)13-10-6-9-5-8(10)7-14(9)4/h8-10H,5-7H2,1-4H3,(H,13,15)/t8-,9-,10-/m1/s1. The van der Waals surface area contributed by atoms with Gasteiger partial charge in [0.2, 0.25) is 0 Å². The van der Waals surface area contributed by atoms with E-state index in [-0.39, 0.29) is 6.09 Å². The van der Waals surface area contributed by atoms with Crippen molar-refractivity contribution in [2.75, 3.05) is 13.6 Å². The number of carbonyl (C=O) groups excluding carboxylic acids is 1. The zero-order valence-corrected chi connectivity index (χ0v) is 10.6. The normalized spacial score (nSPS) is 34.1. The van der Waals surface area contributed by atoms with Gasteiger partial charge in [-0.25, -0.2) is 4.79 Å². The number of likely N-dealkylation sites (tertiary alicyclic amines) is 1. The summed E-state index contributed by atoms with van der Waals surface area (Å²) >= 11 is 0. The summed E-state index contributed by atoms with van der Waals surface area (Å²) in [6.45, 7) is 6.77. The molecule has 0 radical (unpaired) electrons. The zero-order chi connectivity index (χ0) is 11.9. The van der Waals surface area contributed by atoms with E-state index in [1.807, 2.05) is 20.8 Å². The van der Waals surface area contributed by atoms with Gasteiger partial charge in [0.1, 0.15) is 5.60 Å². The first-order valence-electron chi connectivity index (χ1n) is 6.05. The molecule has 2 rings (SSSR count). The van der Waals surface area contributed by atoms with Gasteiger partial charge in [-0.05, 0) is 46.6 Å². The third-order valence-electron chi connectivity index (χ3n) is 3.52. The second kappa shape index (κ2) is 3.91. The van der Waals surface area contributed by atoms with Crippen molar-refractivity contribution < 1.29 is 9.53 Å². The Morgan fingerprint density at radius 1 is 1.38 bits per heavy atom. The molecule has 0 unspecified atom stereocenters. The lowest BCUT2D eigenvalue weighted by molar-refractivity contribution is 0.0478. The van der Waals surface area contributed by atoms with E-state index in [2.05, 4.69) is 17.3 Å². The van der Waals surface area contributed by atoms with Crippen molar-refractivity contribution in [3.63, 3.8) is 0 Å². The predicted octanol–water partition coefficient (Wildman–Crippen LogP) is 1.60. The van der Waals surface area contributed by atoms with Crippen molar-refractivity contribution >= 4 is 6.09 Å². The minimum Gasteiger partial charge on any atom is -0.444 e. The molecule has 3 atom stereocenters. The summed E-state index contributed by atoms with van der Waals surface area (Å²) in [5, 5.41) is 3.00. The number of piperidine rings is 1. The van der Waals surface area contributed by atoms with Crippen molar-refractivity contribution in [3.8, 4) is 0 Å². The number of fused-ring (bicyclic) bond motifs is 2. The van der Waals surface area contributed by atoms with Crippen LogP contribution in [-0.4, -0.2) is 42.3 Å². The van der Waals surface area contributed by atoms with E-state index >= 15 is 0 Å². The molecule has 4 heteroatoms. The van der Waals surface area contributed by atoms with Crippen LogP contribution in [0.3, 0.4) is 0 Å². The number of amides is 1. The second-order valence-electron chi connectivity index (χ2n) is 6.08. The smallest absolute Gasteiger partial charge is 0.407 e. The van der Waals surface area contributed by atoms with Crippen LogP contribution in [0.1, 0.15) is 33.6 Å². The first kappa shape index (κ1) is 11.7. The van der Waals surface area contributed by atoms with Gasteiger partial charge in [-0.1, -0.05) is 0 Å². The van der Waals surface area contributed by atoms with Crippen molar-refractivity contribution in [2.45, 2.75) is 51.3 Å². The molecule has 92 valence electrons. The van der Waals surface area contributed by atoms with Crippen LogP contribution in [-0.2, 0) is 4.74 Å². The van der Waals surface area contributed by atoms with Gasteiger partial charge >= 0.3 is 6.09 Å². The number of ether oxygens (including phenoxy) is 1. The molecule has 0 aromatic rings. The number of nitrogens with one attached hydrogen (secondary N) is 1. The Hall–Kier alpha value is -0.770. The van der Waals surface area contributed by atoms with Crippen LogP contribution in [0.15, 0.2) is 0 Å². The Kier molecular flexibility index (Phi) is 2.86. The largest absolute Gasteiger partial charge is 0.444 e. The maximum atomic E-state index is 11.6. The lowest BCUT2D eigenvalue weighted by Crippen LogP contribution is -2.46. The maximum Gasteiger partial charge on any atom is 0.407 e. The van der Waals surface area contributed by atoms with Gasteiger partial charge in [-0.15, -0.1) is 0 Å². The van der Waals surface area contributed by atoms with E-state index in [0.717, 1.165) is 13.0 Å². The van der Waals surface area contributed by atoms with Crippen LogP contribution in [0, 0.1) is 5.92 Å². The topological polar surface area (TPSA) is 41.6 Å². The summed E-state index contributed by atoms with van der Waals surface area (Å²) in [5.74, 6) is 0.613. The highest BCUT2D eigenvalue weighted by Crippen LogP contribution is 2.36. The molecule has 1 amide bonds. The molecule has 1 saturated carbocycles. The summed E-state index contributed by atoms with van der Waals surface area (Å²) in [4.78, 5) is 14.0. The first-order valence-corrected chi connectivity index (χ1v) is 6.05. The second-order valence-corrected chi connectivity index (χ2v) is 6.08. The van der Waals surface area contributed by atoms with Crippen molar-refractivity contribution in [2.24, 2.45) is 5.92 Å². The predicted molar refractivity (Wildman–Crippen MR) is 62.3 cm³/mol. The molecule has 0 aromatic carbocycles. The number of alkyl carbamates (subject to hydrolysis) is 1. The van der Waals surface area contributed by atoms with Gasteiger partial charge in [-0.2, -0.15) is 0 Å². The van der Waals surface area contributed by atoms with E-state index in [9.17, 15) is 4.79 Å². The van der Waals surface area contributed by atoms with Crippen molar-refractivity contribution in [1.29, 1.82) is 0 Å². The van der Waals surface area contributed by atoms with Crippen molar-refractivity contribution in [3.05, 3.63) is 0 Å². The minimum atomic E-state index is -0.404. The fourth-order valence-corrected chi connectivity index (χ4v) is 2.81. The molecule has 2 fully saturated rings. The maximum absolute atomic E-state index is 11.6. The number of hydrogen-bond acceptors (Lipinski definition) is 3. The number of carbonyl (C=O) groups is 1. The monoisotopic (exact) mass is 226 g/mol. The molecule has 1 N–H and O–H groups in total. The summed E-state index contributed by atoms with van der Waals surface area (Å²) in [6.07, 6.45) is 2.02. The van der Waals surface area contributed by atoms with Crippen LogP contribution < -0.4 is 5.32 Å². The van der Waals surface area contributed by atoms with Gasteiger partial charge in [0.05, 0.1) is 0 Å².